The van der Waals surface area contributed by atoms with E-state index in [1.54, 1.807) is 24.3 Å². The number of ether oxygens (including phenoxy) is 1. The molecule has 0 bridgehead atoms. The van der Waals surface area contributed by atoms with Crippen molar-refractivity contribution in [3.05, 3.63) is 66.1 Å². The normalized spacial score (nSPS) is 14.6. The van der Waals surface area contributed by atoms with Crippen LogP contribution in [-0.4, -0.2) is 56.2 Å². The lowest BCUT2D eigenvalue weighted by molar-refractivity contribution is -0.00702. The lowest BCUT2D eigenvalue weighted by atomic mass is 10.1. The van der Waals surface area contributed by atoms with Crippen LogP contribution in [0.2, 0.25) is 0 Å². The van der Waals surface area contributed by atoms with Gasteiger partial charge in [-0.2, -0.15) is 0 Å². The summed E-state index contributed by atoms with van der Waals surface area (Å²) in [4.78, 5) is 30.0. The van der Waals surface area contributed by atoms with E-state index < -0.39 is 34.7 Å². The number of hydrogen-bond donors (Lipinski definition) is 4. The highest BCUT2D eigenvalue weighted by Crippen LogP contribution is 2.50. The molecule has 2 aromatic carbocycles. The van der Waals surface area contributed by atoms with Crippen LogP contribution >= 0.6 is 10.8 Å². The Balaban J connectivity index is 1.42. The van der Waals surface area contributed by atoms with Crippen molar-refractivity contribution < 1.29 is 27.8 Å². The third-order valence-corrected chi connectivity index (χ3v) is 6.63. The number of para-hydroxylation sites is 1. The first-order valence-electron chi connectivity index (χ1n) is 10.6. The molecule has 1 aliphatic heterocycles. The second kappa shape index (κ2) is 9.45. The minimum atomic E-state index is -3.64. The molecule has 0 unspecified atom stereocenters. The molecule has 0 spiro atoms. The Morgan fingerprint density at radius 3 is 2.62 bits per heavy atom. The number of hydrogen-bond acceptors (Lipinski definition) is 7. The van der Waals surface area contributed by atoms with Gasteiger partial charge in [-0.1, -0.05) is 29.0 Å². The third kappa shape index (κ3) is 5.06. The summed E-state index contributed by atoms with van der Waals surface area (Å²) in [7, 11) is -3.64. The molecule has 1 fully saturated rings. The van der Waals surface area contributed by atoms with E-state index in [1.165, 1.54) is 29.3 Å². The average molecular weight is 489 g/mol. The molecule has 0 saturated carbocycles. The Morgan fingerprint density at radius 2 is 1.91 bits per heavy atom. The highest BCUT2D eigenvalue weighted by Gasteiger charge is 2.34. The largest absolute Gasteiger partial charge is 0.442 e. The quantitative estimate of drug-likeness (QED) is 0.404. The standard InChI is InChI=1S/C23H25FN4O5S/c1-14(2)26-23(30)33-17-12-28(13-17)22(29)16-8-9-19(18(24)11-16)27-34(31,32)20-7-3-5-15-6-4-10-25-21(15)20/h3-11,14,17,27,31-32H,12-13H2,1-2H3,(H,26,30). The predicted molar refractivity (Wildman–Crippen MR) is 127 cm³/mol. The molecule has 1 aromatic heterocycles. The first-order chi connectivity index (χ1) is 16.1. The van der Waals surface area contributed by atoms with Gasteiger partial charge in [0.15, 0.2) is 0 Å². The zero-order valence-electron chi connectivity index (χ0n) is 18.6. The van der Waals surface area contributed by atoms with Crippen molar-refractivity contribution in [2.75, 3.05) is 17.8 Å². The fourth-order valence-corrected chi connectivity index (χ4v) is 4.82. The molecule has 4 rings (SSSR count). The third-order valence-electron chi connectivity index (χ3n) is 5.19. The molecule has 2 amide bonds. The minimum Gasteiger partial charge on any atom is -0.442 e. The fourth-order valence-electron chi connectivity index (χ4n) is 3.53. The lowest BCUT2D eigenvalue weighted by Crippen LogP contribution is -2.56. The molecule has 4 N–H and O–H groups in total. The highest BCUT2D eigenvalue weighted by molar-refractivity contribution is 8.25. The molecule has 1 saturated heterocycles. The van der Waals surface area contributed by atoms with Gasteiger partial charge in [0, 0.05) is 23.2 Å². The molecule has 3 aromatic rings. The topological polar surface area (TPSA) is 124 Å². The molecule has 0 aliphatic carbocycles. The van der Waals surface area contributed by atoms with Crippen molar-refractivity contribution in [2.45, 2.75) is 30.9 Å². The van der Waals surface area contributed by atoms with Crippen LogP contribution in [0.15, 0.2) is 59.6 Å². The number of carbonyl (C=O) groups is 2. The molecule has 2 heterocycles. The number of fused-ring (bicyclic) bond motifs is 1. The monoisotopic (exact) mass is 488 g/mol. The number of carbonyl (C=O) groups excluding carboxylic acids is 2. The number of nitrogens with zero attached hydrogens (tertiary/aromatic N) is 2. The Morgan fingerprint density at radius 1 is 1.18 bits per heavy atom. The maximum atomic E-state index is 14.8. The summed E-state index contributed by atoms with van der Waals surface area (Å²) in [6.07, 6.45) is 0.564. The Hall–Kier alpha value is -3.41. The number of pyridine rings is 1. The van der Waals surface area contributed by atoms with E-state index in [0.717, 1.165) is 6.07 Å². The van der Waals surface area contributed by atoms with E-state index >= 15 is 0 Å². The number of likely N-dealkylation sites (tertiary alicyclic amines) is 1. The maximum absolute atomic E-state index is 14.8. The molecule has 11 heteroatoms. The molecular formula is C23H25FN4O5S. The van der Waals surface area contributed by atoms with Crippen molar-refractivity contribution >= 4 is 39.4 Å². The molecule has 0 atom stereocenters. The first-order valence-corrected chi connectivity index (χ1v) is 12.1. The fraction of sp³-hybridized carbons (Fsp3) is 0.261. The van der Waals surface area contributed by atoms with E-state index in [0.29, 0.717) is 10.9 Å². The van der Waals surface area contributed by atoms with Crippen LogP contribution in [0.25, 0.3) is 10.9 Å². The van der Waals surface area contributed by atoms with E-state index in [9.17, 15) is 23.1 Å². The van der Waals surface area contributed by atoms with Crippen LogP contribution in [-0.2, 0) is 4.74 Å². The number of benzene rings is 2. The summed E-state index contributed by atoms with van der Waals surface area (Å²) >= 11 is 0. The van der Waals surface area contributed by atoms with Crippen molar-refractivity contribution in [1.82, 2.24) is 15.2 Å². The molecule has 180 valence electrons. The first kappa shape index (κ1) is 23.7. The van der Waals surface area contributed by atoms with Gasteiger partial charge in [-0.15, -0.1) is 0 Å². The summed E-state index contributed by atoms with van der Waals surface area (Å²) in [5.74, 6) is -1.23. The number of halogens is 1. The summed E-state index contributed by atoms with van der Waals surface area (Å²) in [6.45, 7) is 4.03. The maximum Gasteiger partial charge on any atom is 0.407 e. The van der Waals surface area contributed by atoms with Crippen LogP contribution in [0.5, 0.6) is 0 Å². The lowest BCUT2D eigenvalue weighted by Gasteiger charge is -2.38. The van der Waals surface area contributed by atoms with Crippen LogP contribution in [0.4, 0.5) is 14.9 Å². The number of rotatable bonds is 6. The molecular weight excluding hydrogens is 463 g/mol. The van der Waals surface area contributed by atoms with Gasteiger partial charge in [0.25, 0.3) is 5.91 Å². The number of nitrogens with one attached hydrogen (secondary N) is 2. The van der Waals surface area contributed by atoms with Gasteiger partial charge in [-0.05, 0) is 44.2 Å². The van der Waals surface area contributed by atoms with E-state index in [4.69, 9.17) is 4.74 Å². The Labute approximate surface area is 197 Å². The minimum absolute atomic E-state index is 0.0595. The van der Waals surface area contributed by atoms with Crippen LogP contribution in [0.1, 0.15) is 24.2 Å². The van der Waals surface area contributed by atoms with E-state index in [-0.39, 0.29) is 35.3 Å². The second-order valence-electron chi connectivity index (χ2n) is 8.21. The Kier molecular flexibility index (Phi) is 6.60. The van der Waals surface area contributed by atoms with E-state index in [1.807, 2.05) is 13.8 Å². The van der Waals surface area contributed by atoms with Crippen LogP contribution < -0.4 is 10.0 Å². The van der Waals surface area contributed by atoms with Crippen LogP contribution in [0.3, 0.4) is 0 Å². The SMILES string of the molecule is CC(C)NC(=O)OC1CN(C(=O)c2ccc(NS(O)(O)c3cccc4cccnc34)c(F)c2)C1. The van der Waals surface area contributed by atoms with Gasteiger partial charge in [0.2, 0.25) is 0 Å². The summed E-state index contributed by atoms with van der Waals surface area (Å²) in [6, 6.07) is 12.1. The van der Waals surface area contributed by atoms with Crippen molar-refractivity contribution in [3.63, 3.8) is 0 Å². The summed E-state index contributed by atoms with van der Waals surface area (Å²) in [5, 5.41) is 3.32. The predicted octanol–water partition coefficient (Wildman–Crippen LogP) is 4.47. The van der Waals surface area contributed by atoms with Crippen molar-refractivity contribution in [3.8, 4) is 0 Å². The summed E-state index contributed by atoms with van der Waals surface area (Å²) < 4.78 is 43.9. The number of amides is 2. The number of aromatic nitrogens is 1. The zero-order chi connectivity index (χ0) is 24.5. The van der Waals surface area contributed by atoms with Gasteiger partial charge in [0.1, 0.15) is 16.8 Å². The van der Waals surface area contributed by atoms with Crippen LogP contribution in [0, 0.1) is 5.82 Å². The summed E-state index contributed by atoms with van der Waals surface area (Å²) in [5.41, 5.74) is 0.317. The van der Waals surface area contributed by atoms with Gasteiger partial charge in [0.05, 0.1) is 24.3 Å². The smallest absolute Gasteiger partial charge is 0.407 e. The molecule has 1 aliphatic rings. The number of alkyl carbamates (subject to hydrolysis) is 1. The highest BCUT2D eigenvalue weighted by atomic mass is 32.3. The Bertz CT molecular complexity index is 1230. The number of anilines is 1. The van der Waals surface area contributed by atoms with Crippen molar-refractivity contribution in [2.24, 2.45) is 0 Å². The zero-order valence-corrected chi connectivity index (χ0v) is 19.4. The van der Waals surface area contributed by atoms with Crippen molar-refractivity contribution in [1.29, 1.82) is 0 Å². The average Bonchev–Trinajstić information content (AvgIpc) is 2.76. The van der Waals surface area contributed by atoms with Gasteiger partial charge in [-0.3, -0.25) is 23.6 Å². The van der Waals surface area contributed by atoms with Gasteiger partial charge in [-0.25, -0.2) is 9.18 Å². The molecule has 34 heavy (non-hydrogen) atoms. The molecule has 9 nitrogen and oxygen atoms in total. The molecule has 0 radical (unpaired) electrons. The van der Waals surface area contributed by atoms with Gasteiger partial charge >= 0.3 is 6.09 Å². The van der Waals surface area contributed by atoms with E-state index in [2.05, 4.69) is 15.0 Å². The van der Waals surface area contributed by atoms with Gasteiger partial charge < -0.3 is 15.0 Å². The second-order valence-corrected chi connectivity index (χ2v) is 9.95.